The van der Waals surface area contributed by atoms with Crippen LogP contribution in [0.4, 0.5) is 0 Å². The molecule has 78 valence electrons. The molecule has 1 heterocycles. The summed E-state index contributed by atoms with van der Waals surface area (Å²) in [5, 5.41) is 0. The molecule has 0 aromatic heterocycles. The van der Waals surface area contributed by atoms with Crippen molar-refractivity contribution in [1.29, 1.82) is 0 Å². The first-order valence-corrected chi connectivity index (χ1v) is 8.74. The summed E-state index contributed by atoms with van der Waals surface area (Å²) in [5.41, 5.74) is 0. The van der Waals surface area contributed by atoms with Gasteiger partial charge in [-0.3, -0.25) is 0 Å². The third-order valence-corrected chi connectivity index (χ3v) is 14.7. The molecule has 1 saturated heterocycles. The quantitative estimate of drug-likeness (QED) is 0.698. The van der Waals surface area contributed by atoms with Crippen LogP contribution in [0.2, 0.25) is 8.49 Å². The SMILES string of the molecule is C[O][Ge]1([O]C)[C](C)(C)CC[C]1(C)C. The average Bonchev–Trinajstić information content (AvgIpc) is 2.20. The van der Waals surface area contributed by atoms with Crippen LogP contribution in [0.25, 0.3) is 0 Å². The molecule has 0 saturated carbocycles. The van der Waals surface area contributed by atoms with Crippen LogP contribution in [0.3, 0.4) is 0 Å². The zero-order valence-electron chi connectivity index (χ0n) is 9.73. The fraction of sp³-hybridized carbons (Fsp3) is 1.00. The number of hydrogen-bond acceptors (Lipinski definition) is 2. The number of hydrogen-bond donors (Lipinski definition) is 0. The zero-order valence-corrected chi connectivity index (χ0v) is 11.8. The van der Waals surface area contributed by atoms with Gasteiger partial charge in [0.25, 0.3) is 0 Å². The predicted molar refractivity (Wildman–Crippen MR) is 57.1 cm³/mol. The van der Waals surface area contributed by atoms with E-state index >= 15 is 0 Å². The Hall–Kier alpha value is 0.463. The first-order valence-electron chi connectivity index (χ1n) is 4.93. The molecule has 0 aliphatic carbocycles. The van der Waals surface area contributed by atoms with Gasteiger partial charge in [-0.1, -0.05) is 0 Å². The van der Waals surface area contributed by atoms with Crippen molar-refractivity contribution in [2.24, 2.45) is 0 Å². The summed E-state index contributed by atoms with van der Waals surface area (Å²) in [6, 6.07) is 0. The van der Waals surface area contributed by atoms with Crippen LogP contribution in [-0.4, -0.2) is 28.2 Å². The van der Waals surface area contributed by atoms with Gasteiger partial charge in [0, 0.05) is 0 Å². The molecule has 1 fully saturated rings. The van der Waals surface area contributed by atoms with Gasteiger partial charge >= 0.3 is 84.7 Å². The fourth-order valence-electron chi connectivity index (χ4n) is 3.06. The normalized spacial score (nSPS) is 29.1. The van der Waals surface area contributed by atoms with Gasteiger partial charge in [0.05, 0.1) is 0 Å². The Kier molecular flexibility index (Phi) is 2.88. The van der Waals surface area contributed by atoms with E-state index in [1.54, 1.807) is 0 Å². The first kappa shape index (κ1) is 11.5. The molecule has 0 aromatic rings. The molecule has 2 nitrogen and oxygen atoms in total. The molecule has 1 aliphatic rings. The van der Waals surface area contributed by atoms with E-state index in [4.69, 9.17) is 7.53 Å². The second-order valence-corrected chi connectivity index (χ2v) is 15.3. The van der Waals surface area contributed by atoms with Gasteiger partial charge < -0.3 is 0 Å². The third kappa shape index (κ3) is 1.38. The van der Waals surface area contributed by atoms with Crippen LogP contribution in [0, 0.1) is 0 Å². The molecule has 0 amide bonds. The summed E-state index contributed by atoms with van der Waals surface area (Å²) in [5.74, 6) is 0. The van der Waals surface area contributed by atoms with Crippen molar-refractivity contribution in [1.82, 2.24) is 0 Å². The Balaban J connectivity index is 3.11. The molecule has 0 radical (unpaired) electrons. The maximum absolute atomic E-state index is 5.84. The predicted octanol–water partition coefficient (Wildman–Crippen LogP) is 3.08. The van der Waals surface area contributed by atoms with Crippen LogP contribution >= 0.6 is 0 Å². The van der Waals surface area contributed by atoms with E-state index in [-0.39, 0.29) is 8.49 Å². The van der Waals surface area contributed by atoms with E-state index in [1.807, 2.05) is 14.2 Å². The minimum absolute atomic E-state index is 0.285. The van der Waals surface area contributed by atoms with E-state index in [2.05, 4.69) is 27.7 Å². The molecule has 1 rings (SSSR count). The zero-order chi connectivity index (χ0) is 10.3. The van der Waals surface area contributed by atoms with Gasteiger partial charge in [-0.15, -0.1) is 0 Å². The monoisotopic (exact) mass is 248 g/mol. The minimum atomic E-state index is -2.60. The molecule has 0 aromatic carbocycles. The van der Waals surface area contributed by atoms with E-state index in [0.717, 1.165) is 0 Å². The second kappa shape index (κ2) is 3.25. The molecule has 0 spiro atoms. The summed E-state index contributed by atoms with van der Waals surface area (Å²) in [4.78, 5) is 0. The average molecular weight is 247 g/mol. The first-order chi connectivity index (χ1) is 5.83. The Morgan fingerprint density at radius 1 is 0.846 bits per heavy atom. The molecular formula is C10H22GeO2. The van der Waals surface area contributed by atoms with E-state index < -0.39 is 13.9 Å². The molecule has 0 N–H and O–H groups in total. The van der Waals surface area contributed by atoms with Gasteiger partial charge in [-0.2, -0.15) is 0 Å². The van der Waals surface area contributed by atoms with Gasteiger partial charge in [-0.25, -0.2) is 0 Å². The molecule has 3 heteroatoms. The molecule has 0 atom stereocenters. The van der Waals surface area contributed by atoms with Crippen LogP contribution < -0.4 is 0 Å². The van der Waals surface area contributed by atoms with E-state index in [1.165, 1.54) is 12.8 Å². The third-order valence-electron chi connectivity index (χ3n) is 3.73. The van der Waals surface area contributed by atoms with Crippen molar-refractivity contribution in [3.8, 4) is 0 Å². The van der Waals surface area contributed by atoms with Crippen molar-refractivity contribution in [3.63, 3.8) is 0 Å². The van der Waals surface area contributed by atoms with Gasteiger partial charge in [0.2, 0.25) is 0 Å². The standard InChI is InChI=1S/C10H22GeO2/c1-9(2)7-8-10(3,4)11(9,12-5)13-6/h7-8H2,1-6H3. The summed E-state index contributed by atoms with van der Waals surface area (Å²) in [6.07, 6.45) is 2.48. The molecule has 13 heavy (non-hydrogen) atoms. The van der Waals surface area contributed by atoms with E-state index in [9.17, 15) is 0 Å². The van der Waals surface area contributed by atoms with Crippen LogP contribution in [0.15, 0.2) is 0 Å². The maximum atomic E-state index is 5.84. The van der Waals surface area contributed by atoms with Crippen LogP contribution in [0.1, 0.15) is 40.5 Å². The fourth-order valence-corrected chi connectivity index (χ4v) is 13.8. The van der Waals surface area contributed by atoms with Crippen molar-refractivity contribution >= 4 is 13.9 Å². The Morgan fingerprint density at radius 2 is 1.15 bits per heavy atom. The van der Waals surface area contributed by atoms with Crippen molar-refractivity contribution < 1.29 is 7.53 Å². The Labute approximate surface area is 85.0 Å². The van der Waals surface area contributed by atoms with E-state index in [0.29, 0.717) is 0 Å². The summed E-state index contributed by atoms with van der Waals surface area (Å²) < 4.78 is 12.3. The van der Waals surface area contributed by atoms with Crippen molar-refractivity contribution in [2.45, 2.75) is 49.0 Å². The van der Waals surface area contributed by atoms with Crippen molar-refractivity contribution in [3.05, 3.63) is 0 Å². The summed E-state index contributed by atoms with van der Waals surface area (Å²) >= 11 is -2.60. The Morgan fingerprint density at radius 3 is 1.31 bits per heavy atom. The van der Waals surface area contributed by atoms with Crippen molar-refractivity contribution in [2.75, 3.05) is 14.2 Å². The summed E-state index contributed by atoms with van der Waals surface area (Å²) in [7, 11) is 3.66. The second-order valence-electron chi connectivity index (χ2n) is 5.29. The molecule has 1 aliphatic heterocycles. The van der Waals surface area contributed by atoms with Crippen LogP contribution in [0.5, 0.6) is 0 Å². The van der Waals surface area contributed by atoms with Crippen LogP contribution in [-0.2, 0) is 7.53 Å². The van der Waals surface area contributed by atoms with Gasteiger partial charge in [0.15, 0.2) is 0 Å². The molecular weight excluding hydrogens is 225 g/mol. The molecule has 0 bridgehead atoms. The number of rotatable bonds is 2. The Bertz CT molecular complexity index is 177. The topological polar surface area (TPSA) is 18.5 Å². The summed E-state index contributed by atoms with van der Waals surface area (Å²) in [6.45, 7) is 9.20. The van der Waals surface area contributed by atoms with Gasteiger partial charge in [-0.05, 0) is 0 Å². The molecule has 0 unspecified atom stereocenters. The van der Waals surface area contributed by atoms with Gasteiger partial charge in [0.1, 0.15) is 0 Å².